The van der Waals surface area contributed by atoms with Crippen LogP contribution in [0.4, 0.5) is 5.69 Å². The average molecular weight is 522 g/mol. The Balaban J connectivity index is 1.61. The van der Waals surface area contributed by atoms with Crippen molar-refractivity contribution in [1.29, 1.82) is 5.26 Å². The molecule has 1 atom stereocenters. The SMILES string of the molecule is CCOc1cc(C2C(C#N)=C(N)OC3=C2C(=O)CC(C)(C)C3)ccc1OCC(=O)Nc1ccc(Cl)cc1. The molecule has 0 saturated heterocycles. The summed E-state index contributed by atoms with van der Waals surface area (Å²) in [6.07, 6.45) is 0.874. The van der Waals surface area contributed by atoms with Crippen molar-refractivity contribution in [3.8, 4) is 17.6 Å². The Kier molecular flexibility index (Phi) is 7.46. The number of rotatable bonds is 7. The van der Waals surface area contributed by atoms with E-state index in [1.807, 2.05) is 20.8 Å². The molecule has 2 aliphatic rings. The van der Waals surface area contributed by atoms with Crippen LogP contribution in [0.5, 0.6) is 11.5 Å². The molecule has 1 unspecified atom stereocenters. The summed E-state index contributed by atoms with van der Waals surface area (Å²) >= 11 is 5.88. The number of halogens is 1. The molecular formula is C28H28ClN3O5. The predicted octanol–water partition coefficient (Wildman–Crippen LogP) is 5.21. The van der Waals surface area contributed by atoms with Crippen LogP contribution in [0.3, 0.4) is 0 Å². The average Bonchev–Trinajstić information content (AvgIpc) is 2.83. The van der Waals surface area contributed by atoms with Gasteiger partial charge in [0.25, 0.3) is 5.91 Å². The number of nitrogens with zero attached hydrogens (tertiary/aromatic N) is 1. The fourth-order valence-electron chi connectivity index (χ4n) is 4.58. The number of carbonyl (C=O) groups excluding carboxylic acids is 2. The minimum atomic E-state index is -0.682. The highest BCUT2D eigenvalue weighted by Crippen LogP contribution is 2.48. The third kappa shape index (κ3) is 5.73. The number of nitrogens with two attached hydrogens (primary N) is 1. The lowest BCUT2D eigenvalue weighted by Crippen LogP contribution is -2.33. The van der Waals surface area contributed by atoms with Gasteiger partial charge in [0.15, 0.2) is 23.9 Å². The number of anilines is 1. The number of hydrogen-bond acceptors (Lipinski definition) is 7. The Morgan fingerprint density at radius 3 is 2.59 bits per heavy atom. The van der Waals surface area contributed by atoms with Crippen LogP contribution in [0, 0.1) is 16.7 Å². The number of benzene rings is 2. The van der Waals surface area contributed by atoms with Gasteiger partial charge >= 0.3 is 0 Å². The zero-order valence-corrected chi connectivity index (χ0v) is 21.6. The molecule has 0 spiro atoms. The highest BCUT2D eigenvalue weighted by molar-refractivity contribution is 6.30. The van der Waals surface area contributed by atoms with Crippen molar-refractivity contribution in [3.05, 3.63) is 75.8 Å². The largest absolute Gasteiger partial charge is 0.490 e. The number of amides is 1. The van der Waals surface area contributed by atoms with Crippen molar-refractivity contribution in [2.45, 2.75) is 39.5 Å². The maximum Gasteiger partial charge on any atom is 0.262 e. The number of nitrogens with one attached hydrogen (secondary N) is 1. The molecule has 0 bridgehead atoms. The second kappa shape index (κ2) is 10.6. The fraction of sp³-hybridized carbons (Fsp3) is 0.321. The first kappa shape index (κ1) is 26.1. The van der Waals surface area contributed by atoms with Gasteiger partial charge in [-0.25, -0.2) is 0 Å². The summed E-state index contributed by atoms with van der Waals surface area (Å²) in [5.74, 6) is 0.115. The zero-order valence-electron chi connectivity index (χ0n) is 20.9. The molecule has 1 amide bonds. The van der Waals surface area contributed by atoms with Crippen molar-refractivity contribution in [1.82, 2.24) is 0 Å². The molecule has 37 heavy (non-hydrogen) atoms. The van der Waals surface area contributed by atoms with Gasteiger partial charge in [0.05, 0.1) is 12.5 Å². The van der Waals surface area contributed by atoms with Crippen LogP contribution >= 0.6 is 11.6 Å². The molecule has 0 aromatic heterocycles. The van der Waals surface area contributed by atoms with Gasteiger partial charge in [0, 0.05) is 29.1 Å². The first-order valence-corrected chi connectivity index (χ1v) is 12.3. The van der Waals surface area contributed by atoms with Crippen LogP contribution in [-0.4, -0.2) is 24.9 Å². The van der Waals surface area contributed by atoms with Gasteiger partial charge in [-0.3, -0.25) is 9.59 Å². The molecule has 9 heteroatoms. The summed E-state index contributed by atoms with van der Waals surface area (Å²) in [5, 5.41) is 13.2. The summed E-state index contributed by atoms with van der Waals surface area (Å²) in [4.78, 5) is 25.6. The summed E-state index contributed by atoms with van der Waals surface area (Å²) in [7, 11) is 0. The molecule has 1 heterocycles. The lowest BCUT2D eigenvalue weighted by Gasteiger charge is -2.37. The molecule has 1 aliphatic heterocycles. The number of carbonyl (C=O) groups is 2. The second-order valence-electron chi connectivity index (χ2n) is 9.69. The van der Waals surface area contributed by atoms with Crippen LogP contribution in [0.1, 0.15) is 45.1 Å². The number of ether oxygens (including phenoxy) is 3. The van der Waals surface area contributed by atoms with E-state index in [1.54, 1.807) is 42.5 Å². The van der Waals surface area contributed by atoms with E-state index in [4.69, 9.17) is 31.5 Å². The van der Waals surface area contributed by atoms with Gasteiger partial charge in [-0.05, 0) is 54.3 Å². The molecular weight excluding hydrogens is 494 g/mol. The van der Waals surface area contributed by atoms with E-state index in [-0.39, 0.29) is 35.2 Å². The minimum Gasteiger partial charge on any atom is -0.490 e. The van der Waals surface area contributed by atoms with Gasteiger partial charge in [0.2, 0.25) is 5.88 Å². The van der Waals surface area contributed by atoms with E-state index >= 15 is 0 Å². The normalized spacial score (nSPS) is 18.5. The number of Topliss-reactive ketones (excluding diaryl/α,β-unsaturated/α-hetero) is 1. The molecule has 0 radical (unpaired) electrons. The van der Waals surface area contributed by atoms with Crippen molar-refractivity contribution < 1.29 is 23.8 Å². The van der Waals surface area contributed by atoms with Crippen molar-refractivity contribution in [2.24, 2.45) is 11.1 Å². The van der Waals surface area contributed by atoms with Crippen LogP contribution in [0.15, 0.2) is 65.3 Å². The third-order valence-corrected chi connectivity index (χ3v) is 6.42. The van der Waals surface area contributed by atoms with E-state index in [2.05, 4.69) is 11.4 Å². The molecule has 192 valence electrons. The Morgan fingerprint density at radius 2 is 1.92 bits per heavy atom. The summed E-state index contributed by atoms with van der Waals surface area (Å²) in [6, 6.07) is 14.0. The van der Waals surface area contributed by atoms with Crippen molar-refractivity contribution >= 4 is 29.0 Å². The Morgan fingerprint density at radius 1 is 1.19 bits per heavy atom. The van der Waals surface area contributed by atoms with E-state index < -0.39 is 5.92 Å². The summed E-state index contributed by atoms with van der Waals surface area (Å²) in [6.45, 7) is 5.90. The van der Waals surface area contributed by atoms with Gasteiger partial charge < -0.3 is 25.3 Å². The Labute approximate surface area is 220 Å². The molecule has 8 nitrogen and oxygen atoms in total. The molecule has 4 rings (SSSR count). The highest BCUT2D eigenvalue weighted by atomic mass is 35.5. The maximum absolute atomic E-state index is 13.2. The Bertz CT molecular complexity index is 1340. The number of nitriles is 1. The molecule has 2 aromatic carbocycles. The van der Waals surface area contributed by atoms with Crippen LogP contribution in [0.2, 0.25) is 5.02 Å². The molecule has 3 N–H and O–H groups in total. The zero-order chi connectivity index (χ0) is 26.7. The first-order chi connectivity index (χ1) is 17.6. The smallest absolute Gasteiger partial charge is 0.262 e. The molecule has 2 aromatic rings. The lowest BCUT2D eigenvalue weighted by atomic mass is 9.70. The summed E-state index contributed by atoms with van der Waals surface area (Å²) < 4.78 is 17.3. The summed E-state index contributed by atoms with van der Waals surface area (Å²) in [5.41, 5.74) is 7.70. The quantitative estimate of drug-likeness (QED) is 0.512. The highest BCUT2D eigenvalue weighted by Gasteiger charge is 2.43. The van der Waals surface area contributed by atoms with Crippen LogP contribution in [0.25, 0.3) is 0 Å². The van der Waals surface area contributed by atoms with Crippen LogP contribution in [-0.2, 0) is 14.3 Å². The molecule has 1 aliphatic carbocycles. The fourth-order valence-corrected chi connectivity index (χ4v) is 4.71. The molecule has 0 fully saturated rings. The predicted molar refractivity (Wildman–Crippen MR) is 139 cm³/mol. The molecule has 0 saturated carbocycles. The minimum absolute atomic E-state index is 0.00564. The van der Waals surface area contributed by atoms with Gasteiger partial charge in [-0.15, -0.1) is 0 Å². The second-order valence-corrected chi connectivity index (χ2v) is 10.1. The maximum atomic E-state index is 13.2. The van der Waals surface area contributed by atoms with E-state index in [1.165, 1.54) is 0 Å². The van der Waals surface area contributed by atoms with Crippen molar-refractivity contribution in [2.75, 3.05) is 18.5 Å². The van der Waals surface area contributed by atoms with E-state index in [0.717, 1.165) is 0 Å². The van der Waals surface area contributed by atoms with Gasteiger partial charge in [-0.2, -0.15) is 5.26 Å². The standard InChI is InChI=1S/C28H28ClN3O5/c1-4-35-22-11-16(5-10-21(22)36-15-24(34)32-18-8-6-17(29)7-9-18)25-19(14-30)27(31)37-23-13-28(2,3)12-20(33)26(23)25/h5-11,25H,4,12-13,15,31H2,1-3H3,(H,32,34). The monoisotopic (exact) mass is 521 g/mol. The third-order valence-electron chi connectivity index (χ3n) is 6.16. The Hall–Kier alpha value is -3.96. The van der Waals surface area contributed by atoms with Crippen LogP contribution < -0.4 is 20.5 Å². The van der Waals surface area contributed by atoms with E-state index in [9.17, 15) is 14.9 Å². The van der Waals surface area contributed by atoms with Crippen molar-refractivity contribution in [3.63, 3.8) is 0 Å². The first-order valence-electron chi connectivity index (χ1n) is 11.9. The van der Waals surface area contributed by atoms with Gasteiger partial charge in [-0.1, -0.05) is 31.5 Å². The lowest BCUT2D eigenvalue weighted by molar-refractivity contribution is -0.119. The number of allylic oxidation sites excluding steroid dienone is 3. The van der Waals surface area contributed by atoms with E-state index in [0.29, 0.717) is 58.6 Å². The number of hydrogen-bond donors (Lipinski definition) is 2. The van der Waals surface area contributed by atoms with Gasteiger partial charge in [0.1, 0.15) is 17.4 Å². The number of ketones is 1. The topological polar surface area (TPSA) is 124 Å².